The summed E-state index contributed by atoms with van der Waals surface area (Å²) in [5, 5.41) is 5.36. The normalized spacial score (nSPS) is 18.9. The molecule has 0 spiro atoms. The molecule has 0 saturated heterocycles. The van der Waals surface area contributed by atoms with Crippen LogP contribution in [0.5, 0.6) is 17.2 Å². The average Bonchev–Trinajstić information content (AvgIpc) is 2.69. The van der Waals surface area contributed by atoms with Gasteiger partial charge in [0.1, 0.15) is 17.2 Å². The monoisotopic (exact) mass is 425 g/mol. The van der Waals surface area contributed by atoms with Crippen LogP contribution in [-0.2, 0) is 0 Å². The van der Waals surface area contributed by atoms with E-state index in [-0.39, 0.29) is 23.6 Å². The van der Waals surface area contributed by atoms with Crippen LogP contribution in [-0.4, -0.2) is 36.6 Å². The van der Waals surface area contributed by atoms with Crippen LogP contribution in [0, 0.1) is 0 Å². The Balaban J connectivity index is 1.51. The second kappa shape index (κ2) is 9.55. The summed E-state index contributed by atoms with van der Waals surface area (Å²) in [5.74, 6) is 0.522. The molecule has 7 nitrogen and oxygen atoms in total. The van der Waals surface area contributed by atoms with Crippen LogP contribution < -0.4 is 24.8 Å². The predicted molar refractivity (Wildman–Crippen MR) is 103 cm³/mol. The lowest BCUT2D eigenvalue weighted by atomic mass is 9.93. The van der Waals surface area contributed by atoms with Crippen LogP contribution >= 0.6 is 0 Å². The zero-order valence-electron chi connectivity index (χ0n) is 16.2. The molecule has 30 heavy (non-hydrogen) atoms. The summed E-state index contributed by atoms with van der Waals surface area (Å²) in [6.45, 7) is 0. The number of carbonyl (C=O) groups excluding carboxylic acids is 1. The van der Waals surface area contributed by atoms with Crippen LogP contribution in [0.2, 0.25) is 0 Å². The number of pyridine rings is 1. The molecule has 2 N–H and O–H groups in total. The number of alkyl halides is 3. The molecule has 0 aliphatic heterocycles. The number of amides is 2. The molecule has 1 aliphatic rings. The summed E-state index contributed by atoms with van der Waals surface area (Å²) in [4.78, 5) is 16.3. The van der Waals surface area contributed by atoms with E-state index in [1.54, 1.807) is 24.5 Å². The van der Waals surface area contributed by atoms with Crippen molar-refractivity contribution in [1.82, 2.24) is 10.3 Å². The lowest BCUT2D eigenvalue weighted by molar-refractivity contribution is -0.274. The fraction of sp³-hybridized carbons (Fsp3) is 0.400. The first kappa shape index (κ1) is 21.5. The highest BCUT2D eigenvalue weighted by Gasteiger charge is 2.31. The largest absolute Gasteiger partial charge is 0.573 e. The van der Waals surface area contributed by atoms with E-state index in [4.69, 9.17) is 9.47 Å². The number of ether oxygens (including phenoxy) is 3. The summed E-state index contributed by atoms with van der Waals surface area (Å²) in [6, 6.07) is 6.45. The predicted octanol–water partition coefficient (Wildman–Crippen LogP) is 4.50. The van der Waals surface area contributed by atoms with Gasteiger partial charge in [-0.05, 0) is 49.9 Å². The number of hydrogen-bond acceptors (Lipinski definition) is 5. The van der Waals surface area contributed by atoms with Crippen molar-refractivity contribution in [1.29, 1.82) is 0 Å². The van der Waals surface area contributed by atoms with E-state index in [9.17, 15) is 18.0 Å². The van der Waals surface area contributed by atoms with E-state index in [2.05, 4.69) is 20.4 Å². The smallest absolute Gasteiger partial charge is 0.495 e. The Morgan fingerprint density at radius 1 is 1.07 bits per heavy atom. The van der Waals surface area contributed by atoms with E-state index >= 15 is 0 Å². The number of hydrogen-bond donors (Lipinski definition) is 2. The molecule has 2 aromatic rings. The highest BCUT2D eigenvalue weighted by Crippen LogP contribution is 2.32. The second-order valence-electron chi connectivity index (χ2n) is 6.78. The lowest BCUT2D eigenvalue weighted by Crippen LogP contribution is -2.41. The minimum Gasteiger partial charge on any atom is -0.495 e. The zero-order valence-corrected chi connectivity index (χ0v) is 16.2. The van der Waals surface area contributed by atoms with Gasteiger partial charge in [-0.15, -0.1) is 13.2 Å². The van der Waals surface area contributed by atoms with Gasteiger partial charge in [0.2, 0.25) is 0 Å². The molecule has 0 atom stereocenters. The number of urea groups is 1. The van der Waals surface area contributed by atoms with Gasteiger partial charge in [0.15, 0.2) is 0 Å². The third-order valence-corrected chi connectivity index (χ3v) is 4.61. The van der Waals surface area contributed by atoms with Crippen molar-refractivity contribution in [3.8, 4) is 17.2 Å². The van der Waals surface area contributed by atoms with Gasteiger partial charge in [0.05, 0.1) is 18.9 Å². The third kappa shape index (κ3) is 6.43. The van der Waals surface area contributed by atoms with Crippen LogP contribution in [0.25, 0.3) is 0 Å². The fourth-order valence-electron chi connectivity index (χ4n) is 3.26. The number of anilines is 1. The minimum atomic E-state index is -4.83. The molecule has 1 fully saturated rings. The molecule has 10 heteroatoms. The van der Waals surface area contributed by atoms with E-state index in [0.29, 0.717) is 0 Å². The van der Waals surface area contributed by atoms with Crippen molar-refractivity contribution in [2.75, 3.05) is 12.4 Å². The molecular weight excluding hydrogens is 403 g/mol. The van der Waals surface area contributed by atoms with E-state index in [0.717, 1.165) is 43.6 Å². The van der Waals surface area contributed by atoms with Gasteiger partial charge >= 0.3 is 12.4 Å². The number of benzene rings is 1. The van der Waals surface area contributed by atoms with Crippen molar-refractivity contribution in [3.05, 3.63) is 42.7 Å². The van der Waals surface area contributed by atoms with Gasteiger partial charge < -0.3 is 24.8 Å². The first-order valence-electron chi connectivity index (χ1n) is 9.40. The highest BCUT2D eigenvalue weighted by molar-refractivity contribution is 5.91. The van der Waals surface area contributed by atoms with Crippen molar-refractivity contribution in [2.24, 2.45) is 0 Å². The van der Waals surface area contributed by atoms with Gasteiger partial charge in [-0.25, -0.2) is 4.79 Å². The van der Waals surface area contributed by atoms with Gasteiger partial charge in [0, 0.05) is 24.5 Å². The van der Waals surface area contributed by atoms with E-state index in [1.165, 1.54) is 13.2 Å². The zero-order chi connectivity index (χ0) is 21.6. The molecular formula is C20H22F3N3O4. The summed E-state index contributed by atoms with van der Waals surface area (Å²) < 4.78 is 52.2. The molecule has 3 rings (SSSR count). The topological polar surface area (TPSA) is 81.7 Å². The first-order chi connectivity index (χ1) is 14.3. The number of methoxy groups -OCH3 is 1. The Kier molecular flexibility index (Phi) is 6.86. The molecule has 1 heterocycles. The molecule has 0 unspecified atom stereocenters. The quantitative estimate of drug-likeness (QED) is 0.712. The SMILES string of the molecule is COc1ccc(OC(F)(F)F)cc1NC(=O)N[C@H]1CC[C@H](Oc2ccncc2)CC1. The number of nitrogens with one attached hydrogen (secondary N) is 2. The van der Waals surface area contributed by atoms with Crippen molar-refractivity contribution >= 4 is 11.7 Å². The van der Waals surface area contributed by atoms with Gasteiger partial charge in [0.25, 0.3) is 0 Å². The number of halogens is 3. The third-order valence-electron chi connectivity index (χ3n) is 4.61. The Hall–Kier alpha value is -3.17. The van der Waals surface area contributed by atoms with Crippen LogP contribution in [0.3, 0.4) is 0 Å². The van der Waals surface area contributed by atoms with Gasteiger partial charge in [-0.1, -0.05) is 0 Å². The minimum absolute atomic E-state index is 0.0600. The molecule has 0 radical (unpaired) electrons. The molecule has 1 aromatic carbocycles. The summed E-state index contributed by atoms with van der Waals surface area (Å²) in [6.07, 6.45) is 1.54. The average molecular weight is 425 g/mol. The molecule has 1 aromatic heterocycles. The summed E-state index contributed by atoms with van der Waals surface area (Å²) in [7, 11) is 1.35. The molecule has 2 amide bonds. The standard InChI is InChI=1S/C20H22F3N3O4/c1-28-18-7-6-16(30-20(21,22)23)12-17(18)26-19(27)25-13-2-4-14(5-3-13)29-15-8-10-24-11-9-15/h6-14H,2-5H2,1H3,(H2,25,26,27)/t13-,14-. The maximum absolute atomic E-state index is 12.4. The molecule has 1 aliphatic carbocycles. The van der Waals surface area contributed by atoms with Crippen LogP contribution in [0.15, 0.2) is 42.7 Å². The second-order valence-corrected chi connectivity index (χ2v) is 6.78. The van der Waals surface area contributed by atoms with Crippen LogP contribution in [0.4, 0.5) is 23.7 Å². The fourth-order valence-corrected chi connectivity index (χ4v) is 3.26. The maximum Gasteiger partial charge on any atom is 0.573 e. The van der Waals surface area contributed by atoms with Crippen molar-refractivity contribution in [2.45, 2.75) is 44.2 Å². The van der Waals surface area contributed by atoms with Crippen molar-refractivity contribution < 1.29 is 32.2 Å². The van der Waals surface area contributed by atoms with E-state index in [1.807, 2.05) is 0 Å². The number of carbonyl (C=O) groups is 1. The highest BCUT2D eigenvalue weighted by atomic mass is 19.4. The number of nitrogens with zero attached hydrogens (tertiary/aromatic N) is 1. The summed E-state index contributed by atoms with van der Waals surface area (Å²) >= 11 is 0. The first-order valence-corrected chi connectivity index (χ1v) is 9.40. The lowest BCUT2D eigenvalue weighted by Gasteiger charge is -2.29. The van der Waals surface area contributed by atoms with Crippen molar-refractivity contribution in [3.63, 3.8) is 0 Å². The Morgan fingerprint density at radius 2 is 1.77 bits per heavy atom. The Bertz CT molecular complexity index is 841. The number of aromatic nitrogens is 1. The van der Waals surface area contributed by atoms with Crippen LogP contribution in [0.1, 0.15) is 25.7 Å². The molecule has 0 bridgehead atoms. The van der Waals surface area contributed by atoms with E-state index < -0.39 is 18.1 Å². The number of rotatable bonds is 6. The molecule has 1 saturated carbocycles. The maximum atomic E-state index is 12.4. The van der Waals surface area contributed by atoms with Gasteiger partial charge in [-0.3, -0.25) is 4.98 Å². The Labute approximate surface area is 171 Å². The summed E-state index contributed by atoms with van der Waals surface area (Å²) in [5.41, 5.74) is 0.0754. The molecule has 162 valence electrons. The van der Waals surface area contributed by atoms with Gasteiger partial charge in [-0.2, -0.15) is 0 Å². The Morgan fingerprint density at radius 3 is 2.40 bits per heavy atom.